The van der Waals surface area contributed by atoms with E-state index in [4.69, 9.17) is 9.57 Å². The third kappa shape index (κ3) is 8.15. The van der Waals surface area contributed by atoms with Crippen molar-refractivity contribution in [2.75, 3.05) is 6.61 Å². The van der Waals surface area contributed by atoms with Crippen molar-refractivity contribution >= 4 is 12.0 Å². The lowest BCUT2D eigenvalue weighted by Crippen LogP contribution is -2.33. The molecule has 1 aliphatic heterocycles. The van der Waals surface area contributed by atoms with Gasteiger partial charge in [-0.2, -0.15) is 0 Å². The molecule has 0 bridgehead atoms. The quantitative estimate of drug-likeness (QED) is 0.411. The fourth-order valence-corrected chi connectivity index (χ4v) is 3.03. The molecule has 144 valence electrons. The third-order valence-electron chi connectivity index (χ3n) is 4.60. The highest BCUT2D eigenvalue weighted by atomic mass is 16.8. The molecule has 0 spiro atoms. The summed E-state index contributed by atoms with van der Waals surface area (Å²) < 4.78 is 5.45. The number of ether oxygens (including phenoxy) is 1. The molecule has 0 saturated carbocycles. The molecule has 1 fully saturated rings. The minimum atomic E-state index is -0.326. The van der Waals surface area contributed by atoms with Crippen LogP contribution in [-0.2, 0) is 9.57 Å². The van der Waals surface area contributed by atoms with Gasteiger partial charge in [0.2, 0.25) is 0 Å². The largest absolute Gasteiger partial charge is 0.350 e. The Hall–Kier alpha value is -1.65. The van der Waals surface area contributed by atoms with Crippen molar-refractivity contribution < 1.29 is 14.4 Å². The molecule has 1 saturated heterocycles. The van der Waals surface area contributed by atoms with E-state index in [2.05, 4.69) is 24.6 Å². The monoisotopic (exact) mass is 359 g/mol. The zero-order valence-electron chi connectivity index (χ0n) is 16.0. The highest BCUT2D eigenvalue weighted by Gasteiger charge is 2.16. The molecule has 1 aliphatic rings. The Morgan fingerprint density at radius 1 is 1.23 bits per heavy atom. The first-order valence-electron chi connectivity index (χ1n) is 10.1. The topological polar surface area (TPSA) is 47.6 Å². The van der Waals surface area contributed by atoms with E-state index in [9.17, 15) is 4.79 Å². The number of hydrogen-bond acceptors (Lipinski definition) is 3. The average Bonchev–Trinajstić information content (AvgIpc) is 2.69. The number of allylic oxidation sites excluding steroid dienone is 1. The van der Waals surface area contributed by atoms with Gasteiger partial charge in [-0.25, -0.2) is 10.3 Å². The second-order valence-electron chi connectivity index (χ2n) is 6.93. The smallest absolute Gasteiger partial charge is 0.274 e. The van der Waals surface area contributed by atoms with Crippen LogP contribution in [0.3, 0.4) is 0 Å². The van der Waals surface area contributed by atoms with Gasteiger partial charge in [0.05, 0.1) is 0 Å². The highest BCUT2D eigenvalue weighted by molar-refractivity contribution is 5.94. The van der Waals surface area contributed by atoms with Crippen molar-refractivity contribution in [2.24, 2.45) is 0 Å². The summed E-state index contributed by atoms with van der Waals surface area (Å²) in [5.74, 6) is -0.231. The van der Waals surface area contributed by atoms with Gasteiger partial charge in [-0.1, -0.05) is 63.3 Å². The van der Waals surface area contributed by atoms with Gasteiger partial charge in [0.1, 0.15) is 0 Å². The summed E-state index contributed by atoms with van der Waals surface area (Å²) in [6, 6.07) is 7.60. The zero-order valence-corrected chi connectivity index (χ0v) is 16.0. The molecule has 26 heavy (non-hydrogen) atoms. The molecule has 0 aliphatic carbocycles. The number of amides is 1. The van der Waals surface area contributed by atoms with Gasteiger partial charge >= 0.3 is 0 Å². The van der Waals surface area contributed by atoms with E-state index >= 15 is 0 Å². The van der Waals surface area contributed by atoms with Gasteiger partial charge in [-0.3, -0.25) is 4.79 Å². The molecule has 0 aromatic heterocycles. The Morgan fingerprint density at radius 2 is 2.08 bits per heavy atom. The van der Waals surface area contributed by atoms with E-state index in [1.807, 2.05) is 18.2 Å². The van der Waals surface area contributed by atoms with Crippen LogP contribution in [0.15, 0.2) is 30.3 Å². The summed E-state index contributed by atoms with van der Waals surface area (Å²) in [5, 5.41) is 0. The van der Waals surface area contributed by atoms with Crippen molar-refractivity contribution in [3.05, 3.63) is 41.5 Å². The van der Waals surface area contributed by atoms with Gasteiger partial charge in [0.15, 0.2) is 6.29 Å². The number of nitrogens with one attached hydrogen (secondary N) is 1. The SMILES string of the molecule is CCCCCCCC/C=C\c1cccc(C(=O)NOC2CCCCO2)c1. The van der Waals surface area contributed by atoms with Crippen molar-refractivity contribution in [1.29, 1.82) is 0 Å². The lowest BCUT2D eigenvalue weighted by molar-refractivity contribution is -0.186. The number of carbonyl (C=O) groups excluding carboxylic acids is 1. The number of rotatable bonds is 11. The predicted molar refractivity (Wildman–Crippen MR) is 106 cm³/mol. The molecule has 0 radical (unpaired) electrons. The first-order valence-corrected chi connectivity index (χ1v) is 10.1. The number of carbonyl (C=O) groups is 1. The second-order valence-corrected chi connectivity index (χ2v) is 6.93. The Labute approximate surface area is 157 Å². The number of unbranched alkanes of at least 4 members (excludes halogenated alkanes) is 6. The third-order valence-corrected chi connectivity index (χ3v) is 4.60. The van der Waals surface area contributed by atoms with E-state index in [1.165, 1.54) is 38.5 Å². The molecule has 1 N–H and O–H groups in total. The summed E-state index contributed by atoms with van der Waals surface area (Å²) in [7, 11) is 0. The van der Waals surface area contributed by atoms with Gasteiger partial charge in [-0.05, 0) is 43.4 Å². The molecule has 1 atom stereocenters. The summed E-state index contributed by atoms with van der Waals surface area (Å²) >= 11 is 0. The van der Waals surface area contributed by atoms with Gasteiger partial charge in [-0.15, -0.1) is 0 Å². The zero-order chi connectivity index (χ0) is 18.5. The van der Waals surface area contributed by atoms with Gasteiger partial charge in [0, 0.05) is 18.6 Å². The molecule has 1 aromatic carbocycles. The minimum Gasteiger partial charge on any atom is -0.350 e. The summed E-state index contributed by atoms with van der Waals surface area (Å²) in [5.41, 5.74) is 4.15. The highest BCUT2D eigenvalue weighted by Crippen LogP contribution is 2.14. The molecule has 4 heteroatoms. The number of hydroxylamine groups is 1. The number of benzene rings is 1. The van der Waals surface area contributed by atoms with Crippen molar-refractivity contribution in [1.82, 2.24) is 5.48 Å². The predicted octanol–water partition coefficient (Wildman–Crippen LogP) is 5.64. The average molecular weight is 360 g/mol. The summed E-state index contributed by atoms with van der Waals surface area (Å²) in [6.07, 6.45) is 15.9. The maximum atomic E-state index is 12.2. The molecule has 1 amide bonds. The Kier molecular flexibility index (Phi) is 10.1. The molecule has 1 unspecified atom stereocenters. The molecule has 4 nitrogen and oxygen atoms in total. The molecule has 1 aromatic rings. The lowest BCUT2D eigenvalue weighted by Gasteiger charge is -2.22. The van der Waals surface area contributed by atoms with Crippen LogP contribution < -0.4 is 5.48 Å². The van der Waals surface area contributed by atoms with Crippen LogP contribution in [0.4, 0.5) is 0 Å². The molecule has 1 heterocycles. The minimum absolute atomic E-state index is 0.231. The fourth-order valence-electron chi connectivity index (χ4n) is 3.03. The van der Waals surface area contributed by atoms with E-state index in [0.717, 1.165) is 31.2 Å². The van der Waals surface area contributed by atoms with Gasteiger partial charge < -0.3 is 4.74 Å². The second kappa shape index (κ2) is 12.7. The maximum absolute atomic E-state index is 12.2. The van der Waals surface area contributed by atoms with Crippen LogP contribution in [-0.4, -0.2) is 18.8 Å². The number of hydrogen-bond donors (Lipinski definition) is 1. The lowest BCUT2D eigenvalue weighted by atomic mass is 10.1. The summed E-state index contributed by atoms with van der Waals surface area (Å²) in [4.78, 5) is 17.6. The van der Waals surface area contributed by atoms with E-state index in [0.29, 0.717) is 12.2 Å². The van der Waals surface area contributed by atoms with Crippen molar-refractivity contribution in [2.45, 2.75) is 77.4 Å². The fraction of sp³-hybridized carbons (Fsp3) is 0.591. The Balaban J connectivity index is 1.70. The van der Waals surface area contributed by atoms with Crippen LogP contribution in [0, 0.1) is 0 Å². The molecule has 2 rings (SSSR count). The molecular formula is C22H33NO3. The van der Waals surface area contributed by atoms with Crippen LogP contribution in [0.1, 0.15) is 87.1 Å². The van der Waals surface area contributed by atoms with Crippen molar-refractivity contribution in [3.8, 4) is 0 Å². The Bertz CT molecular complexity index is 550. The van der Waals surface area contributed by atoms with E-state index in [-0.39, 0.29) is 12.2 Å². The van der Waals surface area contributed by atoms with Gasteiger partial charge in [0.25, 0.3) is 5.91 Å². The van der Waals surface area contributed by atoms with Crippen LogP contribution >= 0.6 is 0 Å². The van der Waals surface area contributed by atoms with E-state index in [1.54, 1.807) is 6.07 Å². The van der Waals surface area contributed by atoms with E-state index < -0.39 is 0 Å². The summed E-state index contributed by atoms with van der Waals surface area (Å²) in [6.45, 7) is 2.94. The standard InChI is InChI=1S/C22H33NO3/c1-2-3-4-5-6-7-8-9-13-19-14-12-15-20(18-19)22(24)23-26-21-16-10-11-17-25-21/h9,12-15,18,21H,2-8,10-11,16-17H2,1H3,(H,23,24)/b13-9-. The normalized spacial score (nSPS) is 17.5. The first-order chi connectivity index (χ1) is 12.8. The molecular weight excluding hydrogens is 326 g/mol. The van der Waals surface area contributed by atoms with Crippen LogP contribution in [0.5, 0.6) is 0 Å². The Morgan fingerprint density at radius 3 is 2.88 bits per heavy atom. The first kappa shape index (κ1) is 20.7. The van der Waals surface area contributed by atoms with Crippen molar-refractivity contribution in [3.63, 3.8) is 0 Å². The van der Waals surface area contributed by atoms with Crippen LogP contribution in [0.2, 0.25) is 0 Å². The van der Waals surface area contributed by atoms with Crippen LogP contribution in [0.25, 0.3) is 6.08 Å². The maximum Gasteiger partial charge on any atom is 0.274 e.